The molecular weight excluding hydrogens is 224 g/mol. The van der Waals surface area contributed by atoms with Crippen LogP contribution in [0.1, 0.15) is 19.3 Å². The molecule has 0 heterocycles. The van der Waals surface area contributed by atoms with E-state index < -0.39 is 0 Å². The second kappa shape index (κ2) is 7.11. The molecule has 0 aliphatic heterocycles. The summed E-state index contributed by atoms with van der Waals surface area (Å²) < 4.78 is 9.49. The Morgan fingerprint density at radius 3 is 2.53 bits per heavy atom. The van der Waals surface area contributed by atoms with Crippen molar-refractivity contribution < 1.29 is 19.1 Å². The van der Waals surface area contributed by atoms with Crippen molar-refractivity contribution in [3.05, 3.63) is 0 Å². The second-order valence-electron chi connectivity index (χ2n) is 4.03. The van der Waals surface area contributed by atoms with Gasteiger partial charge in [-0.25, -0.2) is 4.79 Å². The van der Waals surface area contributed by atoms with Gasteiger partial charge in [0.25, 0.3) is 0 Å². The monoisotopic (exact) mass is 244 g/mol. The Morgan fingerprint density at radius 2 is 2.00 bits per heavy atom. The number of urea groups is 1. The Kier molecular flexibility index (Phi) is 5.76. The smallest absolute Gasteiger partial charge is 0.317 e. The molecule has 6 nitrogen and oxygen atoms in total. The van der Waals surface area contributed by atoms with E-state index in [0.29, 0.717) is 25.7 Å². The second-order valence-corrected chi connectivity index (χ2v) is 4.03. The van der Waals surface area contributed by atoms with Crippen molar-refractivity contribution in [2.24, 2.45) is 0 Å². The third kappa shape index (κ3) is 5.53. The van der Waals surface area contributed by atoms with Gasteiger partial charge in [0.2, 0.25) is 0 Å². The molecule has 0 radical (unpaired) electrons. The lowest BCUT2D eigenvalue weighted by Gasteiger charge is -2.22. The summed E-state index contributed by atoms with van der Waals surface area (Å²) in [5.74, 6) is -0.313. The van der Waals surface area contributed by atoms with Crippen molar-refractivity contribution in [2.75, 3.05) is 33.9 Å². The summed E-state index contributed by atoms with van der Waals surface area (Å²) in [5.41, 5.74) is 0. The number of nitrogens with one attached hydrogen (secondary N) is 1. The molecule has 2 amide bonds. The zero-order valence-corrected chi connectivity index (χ0v) is 10.4. The molecule has 0 atom stereocenters. The van der Waals surface area contributed by atoms with Gasteiger partial charge in [-0.05, 0) is 12.8 Å². The summed E-state index contributed by atoms with van der Waals surface area (Å²) in [6, 6.07) is 0.180. The van der Waals surface area contributed by atoms with Crippen molar-refractivity contribution in [3.63, 3.8) is 0 Å². The molecule has 0 saturated heterocycles. The van der Waals surface area contributed by atoms with E-state index in [1.165, 1.54) is 7.11 Å². The molecule has 1 saturated carbocycles. The lowest BCUT2D eigenvalue weighted by Crippen LogP contribution is -2.43. The third-order valence-corrected chi connectivity index (χ3v) is 2.57. The van der Waals surface area contributed by atoms with Crippen molar-refractivity contribution >= 4 is 12.0 Å². The van der Waals surface area contributed by atoms with Crippen LogP contribution in [0.4, 0.5) is 4.79 Å². The minimum atomic E-state index is -0.313. The maximum atomic E-state index is 11.8. The average molecular weight is 244 g/mol. The van der Waals surface area contributed by atoms with Gasteiger partial charge in [-0.2, -0.15) is 0 Å². The number of carbonyl (C=O) groups excluding carboxylic acids is 2. The molecule has 1 aliphatic carbocycles. The lowest BCUT2D eigenvalue weighted by atomic mass is 10.4. The number of ether oxygens (including phenoxy) is 2. The Labute approximate surface area is 101 Å². The van der Waals surface area contributed by atoms with Gasteiger partial charge >= 0.3 is 12.0 Å². The summed E-state index contributed by atoms with van der Waals surface area (Å²) >= 11 is 0. The molecule has 0 bridgehead atoms. The van der Waals surface area contributed by atoms with Crippen molar-refractivity contribution in [2.45, 2.75) is 25.3 Å². The molecule has 0 spiro atoms. The van der Waals surface area contributed by atoms with Crippen LogP contribution in [0.25, 0.3) is 0 Å². The fraction of sp³-hybridized carbons (Fsp3) is 0.818. The van der Waals surface area contributed by atoms with E-state index in [9.17, 15) is 9.59 Å². The molecule has 0 aromatic carbocycles. The minimum Gasteiger partial charge on any atom is -0.469 e. The average Bonchev–Trinajstić information content (AvgIpc) is 3.12. The SMILES string of the molecule is COCCN(CCC(=O)OC)C(=O)NC1CC1. The summed E-state index contributed by atoms with van der Waals surface area (Å²) in [4.78, 5) is 24.4. The number of hydrogen-bond acceptors (Lipinski definition) is 4. The van der Waals surface area contributed by atoms with E-state index >= 15 is 0 Å². The van der Waals surface area contributed by atoms with Gasteiger partial charge in [-0.1, -0.05) is 0 Å². The zero-order chi connectivity index (χ0) is 12.7. The molecule has 0 aromatic rings. The van der Waals surface area contributed by atoms with E-state index in [1.54, 1.807) is 12.0 Å². The lowest BCUT2D eigenvalue weighted by molar-refractivity contribution is -0.140. The number of rotatable bonds is 7. The molecule has 1 N–H and O–H groups in total. The Morgan fingerprint density at radius 1 is 1.29 bits per heavy atom. The molecule has 6 heteroatoms. The van der Waals surface area contributed by atoms with Gasteiger partial charge in [-0.3, -0.25) is 4.79 Å². The third-order valence-electron chi connectivity index (χ3n) is 2.57. The molecule has 0 aromatic heterocycles. The van der Waals surface area contributed by atoms with Crippen molar-refractivity contribution in [1.82, 2.24) is 10.2 Å². The Balaban J connectivity index is 2.34. The van der Waals surface area contributed by atoms with Gasteiger partial charge in [0.1, 0.15) is 0 Å². The molecular formula is C11H20N2O4. The standard InChI is InChI=1S/C11H20N2O4/c1-16-8-7-13(6-5-10(14)17-2)11(15)12-9-3-4-9/h9H,3-8H2,1-2H3,(H,12,15). The van der Waals surface area contributed by atoms with Crippen LogP contribution in [0.15, 0.2) is 0 Å². The van der Waals surface area contributed by atoms with E-state index in [1.807, 2.05) is 0 Å². The van der Waals surface area contributed by atoms with E-state index in [0.717, 1.165) is 12.8 Å². The van der Waals surface area contributed by atoms with Crippen LogP contribution in [0.2, 0.25) is 0 Å². The topological polar surface area (TPSA) is 67.9 Å². The fourth-order valence-corrected chi connectivity index (χ4v) is 1.34. The minimum absolute atomic E-state index is 0.131. The first-order chi connectivity index (χ1) is 8.17. The van der Waals surface area contributed by atoms with Gasteiger partial charge in [0, 0.05) is 26.2 Å². The van der Waals surface area contributed by atoms with Crippen molar-refractivity contribution in [1.29, 1.82) is 0 Å². The highest BCUT2D eigenvalue weighted by molar-refractivity contribution is 5.76. The molecule has 1 rings (SSSR count). The first kappa shape index (κ1) is 13.8. The quantitative estimate of drug-likeness (QED) is 0.657. The van der Waals surface area contributed by atoms with E-state index in [-0.39, 0.29) is 18.4 Å². The number of carbonyl (C=O) groups is 2. The number of methoxy groups -OCH3 is 2. The van der Waals surface area contributed by atoms with Crippen LogP contribution in [-0.2, 0) is 14.3 Å². The molecule has 1 aliphatic rings. The summed E-state index contributed by atoms with van der Waals surface area (Å²) in [6.07, 6.45) is 2.29. The van der Waals surface area contributed by atoms with Crippen LogP contribution >= 0.6 is 0 Å². The highest BCUT2D eigenvalue weighted by Crippen LogP contribution is 2.18. The largest absolute Gasteiger partial charge is 0.469 e. The normalized spacial score (nSPS) is 14.2. The van der Waals surface area contributed by atoms with E-state index in [4.69, 9.17) is 4.74 Å². The maximum absolute atomic E-state index is 11.8. The number of hydrogen-bond donors (Lipinski definition) is 1. The van der Waals surface area contributed by atoms with Gasteiger partial charge in [-0.15, -0.1) is 0 Å². The zero-order valence-electron chi connectivity index (χ0n) is 10.4. The highest BCUT2D eigenvalue weighted by atomic mass is 16.5. The summed E-state index contributed by atoms with van der Waals surface area (Å²) in [5, 5.41) is 2.88. The Hall–Kier alpha value is -1.30. The predicted molar refractivity (Wildman–Crippen MR) is 61.6 cm³/mol. The number of amides is 2. The van der Waals surface area contributed by atoms with Crippen LogP contribution < -0.4 is 5.32 Å². The highest BCUT2D eigenvalue weighted by Gasteiger charge is 2.25. The molecule has 98 valence electrons. The molecule has 1 fully saturated rings. The van der Waals surface area contributed by atoms with Crippen molar-refractivity contribution in [3.8, 4) is 0 Å². The van der Waals surface area contributed by atoms with Gasteiger partial charge in [0.15, 0.2) is 0 Å². The first-order valence-electron chi connectivity index (χ1n) is 5.78. The number of esters is 1. The summed E-state index contributed by atoms with van der Waals surface area (Å²) in [6.45, 7) is 1.29. The van der Waals surface area contributed by atoms with Crippen LogP contribution in [-0.4, -0.2) is 56.9 Å². The van der Waals surface area contributed by atoms with Crippen LogP contribution in [0.5, 0.6) is 0 Å². The first-order valence-corrected chi connectivity index (χ1v) is 5.78. The fourth-order valence-electron chi connectivity index (χ4n) is 1.34. The van der Waals surface area contributed by atoms with Crippen LogP contribution in [0.3, 0.4) is 0 Å². The maximum Gasteiger partial charge on any atom is 0.317 e. The van der Waals surface area contributed by atoms with Gasteiger partial charge in [0.05, 0.1) is 20.1 Å². The molecule has 0 unspecified atom stereocenters. The predicted octanol–water partition coefficient (Wildman–Crippen LogP) is 0.370. The number of nitrogens with zero attached hydrogens (tertiary/aromatic N) is 1. The van der Waals surface area contributed by atoms with Crippen LogP contribution in [0, 0.1) is 0 Å². The van der Waals surface area contributed by atoms with Gasteiger partial charge < -0.3 is 19.7 Å². The summed E-state index contributed by atoms with van der Waals surface area (Å²) in [7, 11) is 2.92. The molecule has 17 heavy (non-hydrogen) atoms. The van der Waals surface area contributed by atoms with E-state index in [2.05, 4.69) is 10.1 Å². The Bertz CT molecular complexity index is 266.